The van der Waals surface area contributed by atoms with Gasteiger partial charge in [0.1, 0.15) is 10.2 Å². The molecule has 1 aliphatic heterocycles. The maximum absolute atomic E-state index is 12.3. The van der Waals surface area contributed by atoms with Gasteiger partial charge in [-0.05, 0) is 55.5 Å². The SMILES string of the molecule is CC(C)c1c(Br)n(C(=O)O)c2nc(C3CCN(C(=O)OC(C)(C)C)CC3)sc12. The number of nitrogens with zero attached hydrogens (tertiary/aromatic N) is 3. The van der Waals surface area contributed by atoms with Gasteiger partial charge in [0.15, 0.2) is 5.65 Å². The van der Waals surface area contributed by atoms with Crippen molar-refractivity contribution in [3.05, 3.63) is 15.2 Å². The third-order valence-electron chi connectivity index (χ3n) is 4.77. The van der Waals surface area contributed by atoms with Crippen molar-refractivity contribution < 1.29 is 19.4 Å². The number of aromatic nitrogens is 2. The van der Waals surface area contributed by atoms with E-state index in [1.165, 1.54) is 4.57 Å². The number of carboxylic acid groups (broad SMARTS) is 1. The molecule has 0 bridgehead atoms. The molecular weight excluding hydrogens is 446 g/mol. The molecule has 154 valence electrons. The van der Waals surface area contributed by atoms with Crippen LogP contribution in [0.25, 0.3) is 10.3 Å². The first kappa shape index (κ1) is 21.1. The average Bonchev–Trinajstić information content (AvgIpc) is 3.08. The van der Waals surface area contributed by atoms with Crippen molar-refractivity contribution >= 4 is 49.8 Å². The standard InChI is InChI=1S/C19H26BrN3O4S/c1-10(2)12-13-15(23(14(12)20)17(24)25)21-16(28-13)11-6-8-22(9-7-11)18(26)27-19(3,4)5/h10-11H,6-9H2,1-5H3,(H,24,25). The Balaban J connectivity index is 1.81. The average molecular weight is 472 g/mol. The molecule has 2 aromatic rings. The first-order chi connectivity index (χ1) is 13.0. The number of fused-ring (bicyclic) bond motifs is 1. The summed E-state index contributed by atoms with van der Waals surface area (Å²) in [7, 11) is 0. The van der Waals surface area contributed by atoms with Crippen LogP contribution in [-0.2, 0) is 4.74 Å². The predicted octanol–water partition coefficient (Wildman–Crippen LogP) is 5.62. The monoisotopic (exact) mass is 471 g/mol. The minimum atomic E-state index is -1.04. The molecule has 1 N–H and O–H groups in total. The minimum Gasteiger partial charge on any atom is -0.464 e. The van der Waals surface area contributed by atoms with E-state index in [2.05, 4.69) is 20.9 Å². The molecule has 28 heavy (non-hydrogen) atoms. The number of likely N-dealkylation sites (tertiary alicyclic amines) is 1. The Morgan fingerprint density at radius 1 is 1.29 bits per heavy atom. The van der Waals surface area contributed by atoms with Gasteiger partial charge in [-0.25, -0.2) is 19.1 Å². The second-order valence-electron chi connectivity index (χ2n) is 8.42. The summed E-state index contributed by atoms with van der Waals surface area (Å²) in [6, 6.07) is 0. The number of hydrogen-bond donors (Lipinski definition) is 1. The molecule has 3 rings (SSSR count). The van der Waals surface area contributed by atoms with Crippen LogP contribution in [0.2, 0.25) is 0 Å². The number of amides is 1. The molecule has 7 nitrogen and oxygen atoms in total. The summed E-state index contributed by atoms with van der Waals surface area (Å²) in [6.45, 7) is 10.9. The summed E-state index contributed by atoms with van der Waals surface area (Å²) in [5.41, 5.74) is 0.974. The number of halogens is 1. The Morgan fingerprint density at radius 3 is 2.39 bits per heavy atom. The Hall–Kier alpha value is -1.61. The topological polar surface area (TPSA) is 84.7 Å². The Bertz CT molecular complexity index is 905. The number of hydrogen-bond acceptors (Lipinski definition) is 5. The number of carbonyl (C=O) groups excluding carboxylic acids is 1. The van der Waals surface area contributed by atoms with Crippen molar-refractivity contribution in [3.63, 3.8) is 0 Å². The van der Waals surface area contributed by atoms with Crippen molar-refractivity contribution in [1.29, 1.82) is 0 Å². The normalized spacial score (nSPS) is 16.2. The van der Waals surface area contributed by atoms with Crippen LogP contribution in [0.1, 0.15) is 69.9 Å². The number of carbonyl (C=O) groups is 2. The van der Waals surface area contributed by atoms with Crippen LogP contribution in [-0.4, -0.2) is 50.4 Å². The van der Waals surface area contributed by atoms with Gasteiger partial charge < -0.3 is 14.7 Å². The van der Waals surface area contributed by atoms with Gasteiger partial charge in [-0.1, -0.05) is 13.8 Å². The largest absolute Gasteiger partial charge is 0.464 e. The van der Waals surface area contributed by atoms with Crippen molar-refractivity contribution in [3.8, 4) is 0 Å². The lowest BCUT2D eigenvalue weighted by Crippen LogP contribution is -2.41. The number of thiazole rings is 1. The van der Waals surface area contributed by atoms with E-state index >= 15 is 0 Å². The highest BCUT2D eigenvalue weighted by atomic mass is 79.9. The smallest absolute Gasteiger partial charge is 0.418 e. The van der Waals surface area contributed by atoms with E-state index in [9.17, 15) is 14.7 Å². The molecule has 0 unspecified atom stereocenters. The lowest BCUT2D eigenvalue weighted by molar-refractivity contribution is 0.0204. The first-order valence-corrected chi connectivity index (χ1v) is 11.0. The van der Waals surface area contributed by atoms with E-state index in [0.717, 1.165) is 28.1 Å². The highest BCUT2D eigenvalue weighted by Gasteiger charge is 2.31. The van der Waals surface area contributed by atoms with Gasteiger partial charge in [-0.15, -0.1) is 11.3 Å². The summed E-state index contributed by atoms with van der Waals surface area (Å²) in [5, 5.41) is 10.5. The van der Waals surface area contributed by atoms with Crippen LogP contribution in [0.3, 0.4) is 0 Å². The summed E-state index contributed by atoms with van der Waals surface area (Å²) in [4.78, 5) is 30.4. The second kappa shape index (κ2) is 7.67. The van der Waals surface area contributed by atoms with Crippen LogP contribution >= 0.6 is 27.3 Å². The van der Waals surface area contributed by atoms with Crippen LogP contribution < -0.4 is 0 Å². The van der Waals surface area contributed by atoms with E-state index in [-0.39, 0.29) is 17.9 Å². The maximum atomic E-state index is 12.3. The molecule has 1 amide bonds. The predicted molar refractivity (Wildman–Crippen MR) is 113 cm³/mol. The van der Waals surface area contributed by atoms with Crippen LogP contribution in [0, 0.1) is 0 Å². The molecule has 0 aromatic carbocycles. The van der Waals surface area contributed by atoms with E-state index < -0.39 is 11.7 Å². The summed E-state index contributed by atoms with van der Waals surface area (Å²) in [5.74, 6) is 0.400. The summed E-state index contributed by atoms with van der Waals surface area (Å²) in [6.07, 6.45) is 0.264. The van der Waals surface area contributed by atoms with Crippen molar-refractivity contribution in [2.24, 2.45) is 0 Å². The van der Waals surface area contributed by atoms with E-state index in [0.29, 0.717) is 23.3 Å². The zero-order chi connectivity index (χ0) is 20.8. The zero-order valence-corrected chi connectivity index (χ0v) is 19.2. The third kappa shape index (κ3) is 4.05. The molecule has 0 spiro atoms. The number of piperidine rings is 1. The minimum absolute atomic E-state index is 0.180. The lowest BCUT2D eigenvalue weighted by atomic mass is 9.98. The molecule has 0 atom stereocenters. The quantitative estimate of drug-likeness (QED) is 0.613. The molecule has 0 radical (unpaired) electrons. The van der Waals surface area contributed by atoms with Crippen LogP contribution in [0.4, 0.5) is 9.59 Å². The summed E-state index contributed by atoms with van der Waals surface area (Å²) < 4.78 is 8.16. The fourth-order valence-corrected chi connectivity index (χ4v) is 5.97. The molecule has 2 aromatic heterocycles. The van der Waals surface area contributed by atoms with E-state index in [1.54, 1.807) is 16.2 Å². The molecule has 0 aliphatic carbocycles. The molecule has 3 heterocycles. The Morgan fingerprint density at radius 2 is 1.89 bits per heavy atom. The highest BCUT2D eigenvalue weighted by Crippen LogP contribution is 2.42. The maximum Gasteiger partial charge on any atom is 0.418 e. The zero-order valence-electron chi connectivity index (χ0n) is 16.8. The number of rotatable bonds is 2. The molecule has 1 aliphatic rings. The van der Waals surface area contributed by atoms with Gasteiger partial charge >= 0.3 is 12.2 Å². The van der Waals surface area contributed by atoms with Crippen LogP contribution in [0.15, 0.2) is 4.60 Å². The van der Waals surface area contributed by atoms with Crippen molar-refractivity contribution in [1.82, 2.24) is 14.5 Å². The lowest BCUT2D eigenvalue weighted by Gasteiger charge is -2.32. The Kier molecular flexibility index (Phi) is 5.78. The summed E-state index contributed by atoms with van der Waals surface area (Å²) >= 11 is 5.00. The fraction of sp³-hybridized carbons (Fsp3) is 0.632. The highest BCUT2D eigenvalue weighted by molar-refractivity contribution is 9.10. The Labute approximate surface area is 176 Å². The van der Waals surface area contributed by atoms with Crippen LogP contribution in [0.5, 0.6) is 0 Å². The second-order valence-corrected chi connectivity index (χ2v) is 10.2. The molecule has 0 saturated carbocycles. The van der Waals surface area contributed by atoms with Gasteiger partial charge in [0, 0.05) is 24.6 Å². The van der Waals surface area contributed by atoms with Gasteiger partial charge in [0.05, 0.1) is 9.71 Å². The molecular formula is C19H26BrN3O4S. The van der Waals surface area contributed by atoms with E-state index in [1.807, 2.05) is 34.6 Å². The third-order valence-corrected chi connectivity index (χ3v) is 6.79. The van der Waals surface area contributed by atoms with Crippen molar-refractivity contribution in [2.45, 2.75) is 64.9 Å². The van der Waals surface area contributed by atoms with E-state index in [4.69, 9.17) is 4.74 Å². The van der Waals surface area contributed by atoms with Gasteiger partial charge in [-0.3, -0.25) is 0 Å². The van der Waals surface area contributed by atoms with Gasteiger partial charge in [0.2, 0.25) is 0 Å². The first-order valence-electron chi connectivity index (χ1n) is 9.41. The van der Waals surface area contributed by atoms with Gasteiger partial charge in [0.25, 0.3) is 0 Å². The fourth-order valence-electron chi connectivity index (χ4n) is 3.45. The van der Waals surface area contributed by atoms with Crippen molar-refractivity contribution in [2.75, 3.05) is 13.1 Å². The molecule has 1 fully saturated rings. The number of ether oxygens (including phenoxy) is 1. The van der Waals surface area contributed by atoms with Gasteiger partial charge in [-0.2, -0.15) is 0 Å². The molecule has 9 heteroatoms. The molecule has 1 saturated heterocycles.